The van der Waals surface area contributed by atoms with Crippen LogP contribution in [0.1, 0.15) is 46.0 Å². The summed E-state index contributed by atoms with van der Waals surface area (Å²) in [5.41, 5.74) is 1.69. The van der Waals surface area contributed by atoms with Crippen LogP contribution < -0.4 is 0 Å². The third-order valence-corrected chi connectivity index (χ3v) is 8.45. The number of carbonyl (C=O) groups is 1. The highest BCUT2D eigenvalue weighted by Gasteiger charge is 2.69. The molecule has 2 heteroatoms. The van der Waals surface area contributed by atoms with Crippen LogP contribution in [0.5, 0.6) is 0 Å². The zero-order valence-corrected chi connectivity index (χ0v) is 14.1. The van der Waals surface area contributed by atoms with Crippen LogP contribution in [0.4, 0.5) is 0 Å². The van der Waals surface area contributed by atoms with Crippen LogP contribution in [0.15, 0.2) is 23.8 Å². The number of carbonyl (C=O) groups excluding carboxylic acids is 1. The molecule has 5 rings (SSSR count). The van der Waals surface area contributed by atoms with Crippen molar-refractivity contribution < 1.29 is 4.79 Å². The third-order valence-electron chi connectivity index (χ3n) is 8.45. The van der Waals surface area contributed by atoms with Crippen molar-refractivity contribution >= 4 is 5.78 Å². The number of fused-ring (bicyclic) bond motifs is 7. The van der Waals surface area contributed by atoms with Gasteiger partial charge in [0.2, 0.25) is 0 Å². The number of allylic oxidation sites excluding steroid dienone is 4. The molecule has 0 N–H and O–H groups in total. The molecule has 5 unspecified atom stereocenters. The van der Waals surface area contributed by atoms with Gasteiger partial charge >= 0.3 is 0 Å². The topological polar surface area (TPSA) is 40.9 Å². The first kappa shape index (κ1) is 14.0. The summed E-state index contributed by atoms with van der Waals surface area (Å²) < 4.78 is 0. The van der Waals surface area contributed by atoms with Gasteiger partial charge in [-0.2, -0.15) is 5.26 Å². The van der Waals surface area contributed by atoms with Gasteiger partial charge in [-0.05, 0) is 77.8 Å². The number of nitrogens with zero attached hydrogens (tertiary/aromatic N) is 1. The van der Waals surface area contributed by atoms with Crippen molar-refractivity contribution in [3.8, 4) is 6.07 Å². The molecule has 0 spiro atoms. The molecule has 0 bridgehead atoms. The maximum absolute atomic E-state index is 11.8. The van der Waals surface area contributed by atoms with Crippen molar-refractivity contribution in [1.29, 1.82) is 5.26 Å². The minimum atomic E-state index is 0.184. The Morgan fingerprint density at radius 1 is 1.26 bits per heavy atom. The van der Waals surface area contributed by atoms with Crippen LogP contribution in [0.25, 0.3) is 0 Å². The summed E-state index contributed by atoms with van der Waals surface area (Å²) in [4.78, 5) is 11.8. The molecule has 0 aromatic heterocycles. The Bertz CT molecular complexity index is 697. The lowest BCUT2D eigenvalue weighted by atomic mass is 9.48. The van der Waals surface area contributed by atoms with E-state index in [2.05, 4.69) is 32.1 Å². The van der Waals surface area contributed by atoms with Gasteiger partial charge in [-0.15, -0.1) is 0 Å². The fourth-order valence-electron chi connectivity index (χ4n) is 7.20. The number of hydrogen-bond donors (Lipinski definition) is 0. The maximum Gasteiger partial charge on any atom is 0.156 e. The van der Waals surface area contributed by atoms with E-state index in [4.69, 9.17) is 0 Å². The van der Waals surface area contributed by atoms with Crippen molar-refractivity contribution in [2.24, 2.45) is 46.3 Å². The molecule has 0 saturated heterocycles. The average molecular weight is 307 g/mol. The molecule has 0 radical (unpaired) electrons. The van der Waals surface area contributed by atoms with E-state index in [9.17, 15) is 10.1 Å². The highest BCUT2D eigenvalue weighted by molar-refractivity contribution is 5.92. The standard InChI is InChI=1S/C21H25NO/c1-20-7-5-13(23)9-12(20)3-4-14-17(20)6-8-21(2)18(11-22)15-10-16(15)19(14)21/h3-4,9,14-19H,5-8,10H2,1-2H3/t14?,15?,16?,17?,18-,19?,20-,21+/m0/s1. The van der Waals surface area contributed by atoms with Crippen LogP contribution in [0.2, 0.25) is 0 Å². The first-order valence-electron chi connectivity index (χ1n) is 9.32. The molecule has 0 aromatic rings. The van der Waals surface area contributed by atoms with Gasteiger partial charge in [0.25, 0.3) is 0 Å². The molecule has 5 aliphatic carbocycles. The van der Waals surface area contributed by atoms with Crippen molar-refractivity contribution in [2.75, 3.05) is 0 Å². The van der Waals surface area contributed by atoms with E-state index >= 15 is 0 Å². The van der Waals surface area contributed by atoms with Crippen LogP contribution in [0.3, 0.4) is 0 Å². The second-order valence-corrected chi connectivity index (χ2v) is 9.27. The molecule has 0 aromatic carbocycles. The molecule has 120 valence electrons. The molecule has 5 aliphatic rings. The molecule has 8 atom stereocenters. The molecule has 0 aliphatic heterocycles. The van der Waals surface area contributed by atoms with Crippen molar-refractivity contribution in [3.63, 3.8) is 0 Å². The van der Waals surface area contributed by atoms with Crippen LogP contribution >= 0.6 is 0 Å². The Labute approximate surface area is 138 Å². The fraction of sp³-hybridized carbons (Fsp3) is 0.714. The lowest BCUT2D eigenvalue weighted by Gasteiger charge is -2.56. The van der Waals surface area contributed by atoms with Crippen LogP contribution in [-0.2, 0) is 4.79 Å². The Balaban J connectivity index is 1.59. The van der Waals surface area contributed by atoms with E-state index in [1.165, 1.54) is 24.8 Å². The number of rotatable bonds is 0. The molecule has 2 nitrogen and oxygen atoms in total. The van der Waals surface area contributed by atoms with Gasteiger partial charge in [0.1, 0.15) is 0 Å². The summed E-state index contributed by atoms with van der Waals surface area (Å²) >= 11 is 0. The molecule has 3 saturated carbocycles. The first-order chi connectivity index (χ1) is 11.0. The SMILES string of the molecule is C[C@]12CCC(=O)C=C1C=CC1C2CC[C@@]2(C)C1C1CC1[C@@H]2C#N. The van der Waals surface area contributed by atoms with Crippen molar-refractivity contribution in [2.45, 2.75) is 46.0 Å². The summed E-state index contributed by atoms with van der Waals surface area (Å²) in [7, 11) is 0. The second-order valence-electron chi connectivity index (χ2n) is 9.27. The van der Waals surface area contributed by atoms with E-state index in [1.807, 2.05) is 6.08 Å². The summed E-state index contributed by atoms with van der Waals surface area (Å²) in [5, 5.41) is 9.72. The smallest absolute Gasteiger partial charge is 0.156 e. The largest absolute Gasteiger partial charge is 0.295 e. The quantitative estimate of drug-likeness (QED) is 0.670. The van der Waals surface area contributed by atoms with E-state index in [1.54, 1.807) is 0 Å². The number of nitriles is 1. The van der Waals surface area contributed by atoms with Crippen molar-refractivity contribution in [1.82, 2.24) is 0 Å². The minimum Gasteiger partial charge on any atom is -0.295 e. The maximum atomic E-state index is 11.8. The normalized spacial score (nSPS) is 55.9. The zero-order chi connectivity index (χ0) is 16.0. The molecule has 3 fully saturated rings. The second kappa shape index (κ2) is 4.18. The van der Waals surface area contributed by atoms with Gasteiger partial charge in [0.15, 0.2) is 5.78 Å². The first-order valence-corrected chi connectivity index (χ1v) is 9.32. The Kier molecular flexibility index (Phi) is 2.55. The molecule has 23 heavy (non-hydrogen) atoms. The van der Waals surface area contributed by atoms with Gasteiger partial charge in [-0.3, -0.25) is 4.79 Å². The van der Waals surface area contributed by atoms with Gasteiger partial charge in [-0.1, -0.05) is 26.0 Å². The van der Waals surface area contributed by atoms with Crippen LogP contribution in [0, 0.1) is 57.7 Å². The Morgan fingerprint density at radius 3 is 2.87 bits per heavy atom. The van der Waals surface area contributed by atoms with Crippen LogP contribution in [-0.4, -0.2) is 5.78 Å². The van der Waals surface area contributed by atoms with E-state index in [-0.39, 0.29) is 16.7 Å². The summed E-state index contributed by atoms with van der Waals surface area (Å²) in [5.74, 6) is 4.05. The summed E-state index contributed by atoms with van der Waals surface area (Å²) in [6.45, 7) is 4.80. The van der Waals surface area contributed by atoms with Gasteiger partial charge < -0.3 is 0 Å². The average Bonchev–Trinajstić information content (AvgIpc) is 3.23. The van der Waals surface area contributed by atoms with Gasteiger partial charge in [0, 0.05) is 6.42 Å². The molecular formula is C21H25NO. The van der Waals surface area contributed by atoms with E-state index < -0.39 is 0 Å². The number of hydrogen-bond acceptors (Lipinski definition) is 2. The predicted octanol–water partition coefficient (Wildman–Crippen LogP) is 4.29. The monoisotopic (exact) mass is 307 g/mol. The third kappa shape index (κ3) is 1.57. The number of ketones is 1. The fourth-order valence-corrected chi connectivity index (χ4v) is 7.20. The van der Waals surface area contributed by atoms with Gasteiger partial charge in [0.05, 0.1) is 12.0 Å². The Hall–Kier alpha value is -1.36. The van der Waals surface area contributed by atoms with Crippen molar-refractivity contribution in [3.05, 3.63) is 23.8 Å². The predicted molar refractivity (Wildman–Crippen MR) is 88.1 cm³/mol. The summed E-state index contributed by atoms with van der Waals surface area (Å²) in [6.07, 6.45) is 12.0. The zero-order valence-electron chi connectivity index (χ0n) is 14.1. The lowest BCUT2D eigenvalue weighted by Crippen LogP contribution is -2.50. The van der Waals surface area contributed by atoms with E-state index in [0.29, 0.717) is 35.9 Å². The lowest BCUT2D eigenvalue weighted by molar-refractivity contribution is -0.116. The van der Waals surface area contributed by atoms with E-state index in [0.717, 1.165) is 12.3 Å². The molecule has 0 amide bonds. The highest BCUT2D eigenvalue weighted by atomic mass is 16.1. The molecule has 0 heterocycles. The Morgan fingerprint density at radius 2 is 2.09 bits per heavy atom. The minimum absolute atomic E-state index is 0.184. The van der Waals surface area contributed by atoms with Gasteiger partial charge in [-0.25, -0.2) is 0 Å². The molecular weight excluding hydrogens is 282 g/mol. The highest BCUT2D eigenvalue weighted by Crippen LogP contribution is 2.74. The summed E-state index contributed by atoms with van der Waals surface area (Å²) in [6, 6.07) is 2.68.